The highest BCUT2D eigenvalue weighted by Crippen LogP contribution is 2.38. The maximum absolute atomic E-state index is 14.5. The molecule has 0 amide bonds. The quantitative estimate of drug-likeness (QED) is 0.600. The van der Waals surface area contributed by atoms with Gasteiger partial charge in [0.05, 0.1) is 23.8 Å². The van der Waals surface area contributed by atoms with E-state index in [0.717, 1.165) is 16.4 Å². The molecule has 0 aromatic heterocycles. The molecule has 0 saturated carbocycles. The molecule has 26 heavy (non-hydrogen) atoms. The van der Waals surface area contributed by atoms with Gasteiger partial charge in [-0.1, -0.05) is 6.07 Å². The van der Waals surface area contributed by atoms with Crippen molar-refractivity contribution >= 4 is 21.4 Å². The number of fused-ring (bicyclic) bond motifs is 1. The molecule has 138 valence electrons. The Morgan fingerprint density at radius 1 is 1.27 bits per heavy atom. The van der Waals surface area contributed by atoms with E-state index in [-0.39, 0.29) is 18.0 Å². The lowest BCUT2D eigenvalue weighted by Crippen LogP contribution is -2.36. The van der Waals surface area contributed by atoms with Gasteiger partial charge in [0.25, 0.3) is 15.7 Å². The topological polar surface area (TPSA) is 89.8 Å². The first-order valence-electron chi connectivity index (χ1n) is 7.90. The number of ether oxygens (including phenoxy) is 1. The second kappa shape index (κ2) is 6.56. The highest BCUT2D eigenvalue weighted by molar-refractivity contribution is 7.93. The van der Waals surface area contributed by atoms with Crippen molar-refractivity contribution < 1.29 is 22.5 Å². The van der Waals surface area contributed by atoms with Crippen LogP contribution < -0.4 is 9.04 Å². The van der Waals surface area contributed by atoms with Crippen LogP contribution in [0.4, 0.5) is 15.8 Å². The summed E-state index contributed by atoms with van der Waals surface area (Å²) < 4.78 is 46.7. The number of nitrogens with zero attached hydrogens (tertiary/aromatic N) is 2. The van der Waals surface area contributed by atoms with Crippen molar-refractivity contribution in [3.63, 3.8) is 0 Å². The maximum Gasteiger partial charge on any atom is 0.293 e. The lowest BCUT2D eigenvalue weighted by atomic mass is 10.0. The molecule has 1 aliphatic heterocycles. The summed E-state index contributed by atoms with van der Waals surface area (Å²) in [7, 11) is -2.99. The highest BCUT2D eigenvalue weighted by Gasteiger charge is 2.36. The summed E-state index contributed by atoms with van der Waals surface area (Å²) in [6, 6.07) is 6.49. The van der Waals surface area contributed by atoms with Crippen LogP contribution in [0.5, 0.6) is 5.75 Å². The van der Waals surface area contributed by atoms with E-state index in [0.29, 0.717) is 24.0 Å². The Morgan fingerprint density at radius 3 is 2.65 bits per heavy atom. The van der Waals surface area contributed by atoms with Crippen LogP contribution in [0.2, 0.25) is 0 Å². The zero-order valence-corrected chi connectivity index (χ0v) is 15.0. The van der Waals surface area contributed by atoms with Gasteiger partial charge < -0.3 is 4.74 Å². The molecule has 7 nitrogen and oxygen atoms in total. The lowest BCUT2D eigenvalue weighted by Gasteiger charge is -2.31. The van der Waals surface area contributed by atoms with Gasteiger partial charge in [-0.3, -0.25) is 14.4 Å². The van der Waals surface area contributed by atoms with Crippen LogP contribution in [0.15, 0.2) is 35.2 Å². The minimum Gasteiger partial charge on any atom is -0.497 e. The number of hydrogen-bond donors (Lipinski definition) is 0. The second-order valence-electron chi connectivity index (χ2n) is 6.03. The molecule has 1 aliphatic rings. The predicted molar refractivity (Wildman–Crippen MR) is 93.6 cm³/mol. The van der Waals surface area contributed by atoms with Crippen LogP contribution in [-0.2, 0) is 16.4 Å². The van der Waals surface area contributed by atoms with Crippen LogP contribution in [-0.4, -0.2) is 27.0 Å². The van der Waals surface area contributed by atoms with Gasteiger partial charge in [-0.15, -0.1) is 0 Å². The van der Waals surface area contributed by atoms with E-state index >= 15 is 0 Å². The third-order valence-electron chi connectivity index (χ3n) is 4.27. The summed E-state index contributed by atoms with van der Waals surface area (Å²) in [4.78, 5) is 10.1. The fourth-order valence-electron chi connectivity index (χ4n) is 3.15. The minimum absolute atomic E-state index is 0.0352. The molecule has 1 heterocycles. The van der Waals surface area contributed by atoms with Crippen LogP contribution >= 0.6 is 0 Å². The monoisotopic (exact) mass is 380 g/mol. The SMILES string of the molecule is COc1ccc(S(=O)(=O)N2CCCc3cc(C)cc(F)c32)c([N+](=O)[O-])c1. The molecule has 0 fully saturated rings. The number of sulfonamides is 1. The number of methoxy groups -OCH3 is 1. The van der Waals surface area contributed by atoms with Gasteiger partial charge in [-0.05, 0) is 49.1 Å². The first kappa shape index (κ1) is 18.1. The van der Waals surface area contributed by atoms with Crippen molar-refractivity contribution in [2.75, 3.05) is 18.0 Å². The zero-order valence-electron chi connectivity index (χ0n) is 14.2. The van der Waals surface area contributed by atoms with E-state index < -0.39 is 31.3 Å². The van der Waals surface area contributed by atoms with E-state index in [2.05, 4.69) is 0 Å². The number of nitro benzene ring substituents is 1. The third kappa shape index (κ3) is 2.98. The molecule has 0 N–H and O–H groups in total. The number of rotatable bonds is 4. The van der Waals surface area contributed by atoms with Crippen molar-refractivity contribution in [2.24, 2.45) is 0 Å². The molecule has 0 saturated heterocycles. The molecule has 0 spiro atoms. The molecule has 2 aromatic rings. The van der Waals surface area contributed by atoms with Gasteiger partial charge in [-0.25, -0.2) is 12.8 Å². The van der Waals surface area contributed by atoms with Crippen LogP contribution in [0.3, 0.4) is 0 Å². The molecule has 0 aliphatic carbocycles. The number of benzene rings is 2. The standard InChI is InChI=1S/C17H17FN2O5S/c1-11-8-12-4-3-7-19(17(12)14(18)9-11)26(23,24)16-6-5-13(25-2)10-15(16)20(21)22/h5-6,8-10H,3-4,7H2,1-2H3. The number of hydrogen-bond acceptors (Lipinski definition) is 5. The van der Waals surface area contributed by atoms with E-state index in [1.807, 2.05) is 0 Å². The summed E-state index contributed by atoms with van der Waals surface area (Å²) in [5, 5.41) is 11.4. The highest BCUT2D eigenvalue weighted by atomic mass is 32.2. The van der Waals surface area contributed by atoms with Gasteiger partial charge in [0.2, 0.25) is 0 Å². The largest absolute Gasteiger partial charge is 0.497 e. The molecular formula is C17H17FN2O5S. The molecule has 3 rings (SSSR count). The number of nitro groups is 1. The fourth-order valence-corrected chi connectivity index (χ4v) is 4.83. The zero-order chi connectivity index (χ0) is 19.1. The summed E-state index contributed by atoms with van der Waals surface area (Å²) in [6.07, 6.45) is 1.05. The van der Waals surface area contributed by atoms with Gasteiger partial charge in [0, 0.05) is 6.54 Å². The van der Waals surface area contributed by atoms with Gasteiger partial charge >= 0.3 is 0 Å². The second-order valence-corrected chi connectivity index (χ2v) is 7.86. The molecule has 2 aromatic carbocycles. The van der Waals surface area contributed by atoms with Crippen molar-refractivity contribution in [1.82, 2.24) is 0 Å². The number of anilines is 1. The van der Waals surface area contributed by atoms with Gasteiger partial charge in [0.1, 0.15) is 11.6 Å². The van der Waals surface area contributed by atoms with Crippen LogP contribution in [0.1, 0.15) is 17.5 Å². The Hall–Kier alpha value is -2.68. The third-order valence-corrected chi connectivity index (χ3v) is 6.12. The summed E-state index contributed by atoms with van der Waals surface area (Å²) in [5.41, 5.74) is 0.625. The van der Waals surface area contributed by atoms with E-state index in [1.165, 1.54) is 19.2 Å². The number of aryl methyl sites for hydroxylation is 2. The minimum atomic E-state index is -4.32. The van der Waals surface area contributed by atoms with E-state index in [1.54, 1.807) is 13.0 Å². The normalized spacial score (nSPS) is 14.0. The summed E-state index contributed by atoms with van der Waals surface area (Å²) >= 11 is 0. The van der Waals surface area contributed by atoms with Crippen molar-refractivity contribution in [3.8, 4) is 5.75 Å². The Balaban J connectivity index is 2.19. The first-order valence-corrected chi connectivity index (χ1v) is 9.34. The Bertz CT molecular complexity index is 991. The number of halogens is 1. The summed E-state index contributed by atoms with van der Waals surface area (Å²) in [5.74, 6) is -0.490. The molecule has 0 atom stereocenters. The Morgan fingerprint density at radius 2 is 2.00 bits per heavy atom. The molecule has 0 unspecified atom stereocenters. The van der Waals surface area contributed by atoms with Crippen LogP contribution in [0, 0.1) is 22.9 Å². The Kier molecular flexibility index (Phi) is 4.57. The lowest BCUT2D eigenvalue weighted by molar-refractivity contribution is -0.387. The summed E-state index contributed by atoms with van der Waals surface area (Å²) in [6.45, 7) is 1.78. The van der Waals surface area contributed by atoms with Crippen LogP contribution in [0.25, 0.3) is 0 Å². The van der Waals surface area contributed by atoms with Crippen molar-refractivity contribution in [1.29, 1.82) is 0 Å². The molecule has 9 heteroatoms. The molecule has 0 bridgehead atoms. The average molecular weight is 380 g/mol. The van der Waals surface area contributed by atoms with Gasteiger partial charge in [-0.2, -0.15) is 0 Å². The maximum atomic E-state index is 14.5. The van der Waals surface area contributed by atoms with Gasteiger partial charge in [0.15, 0.2) is 4.90 Å². The van der Waals surface area contributed by atoms with E-state index in [4.69, 9.17) is 4.74 Å². The first-order chi connectivity index (χ1) is 12.3. The molecular weight excluding hydrogens is 363 g/mol. The van der Waals surface area contributed by atoms with E-state index in [9.17, 15) is 22.9 Å². The van der Waals surface area contributed by atoms with Crippen molar-refractivity contribution in [3.05, 3.63) is 57.4 Å². The fraction of sp³-hybridized carbons (Fsp3) is 0.294. The van der Waals surface area contributed by atoms with Crippen molar-refractivity contribution in [2.45, 2.75) is 24.7 Å². The average Bonchev–Trinajstić information content (AvgIpc) is 2.60. The predicted octanol–water partition coefficient (Wildman–Crippen LogP) is 3.19. The molecule has 0 radical (unpaired) electrons. The Labute approximate surface area is 150 Å². The smallest absolute Gasteiger partial charge is 0.293 e.